The number of hydrogen-bond acceptors (Lipinski definition) is 6. The lowest BCUT2D eigenvalue weighted by Gasteiger charge is -2.51. The van der Waals surface area contributed by atoms with Gasteiger partial charge in [0.15, 0.2) is 11.6 Å². The van der Waals surface area contributed by atoms with Crippen molar-refractivity contribution in [1.29, 1.82) is 5.41 Å². The molecule has 0 aromatic heterocycles. The summed E-state index contributed by atoms with van der Waals surface area (Å²) in [4.78, 5) is 28.5. The van der Waals surface area contributed by atoms with E-state index in [1.807, 2.05) is 38.1 Å². The molecule has 6 rings (SSSR count). The first-order valence-electron chi connectivity index (χ1n) is 13.4. The summed E-state index contributed by atoms with van der Waals surface area (Å²) in [5, 5.41) is 25.7. The van der Waals surface area contributed by atoms with Crippen molar-refractivity contribution in [2.24, 2.45) is 0 Å². The summed E-state index contributed by atoms with van der Waals surface area (Å²) in [7, 11) is 0. The van der Waals surface area contributed by atoms with Crippen molar-refractivity contribution in [3.05, 3.63) is 64.7 Å². The van der Waals surface area contributed by atoms with Gasteiger partial charge < -0.3 is 25.2 Å². The molecule has 0 saturated carbocycles. The van der Waals surface area contributed by atoms with Gasteiger partial charge in [0.1, 0.15) is 5.75 Å². The average molecular weight is 519 g/mol. The molecule has 2 aromatic rings. The third-order valence-electron chi connectivity index (χ3n) is 8.79. The fourth-order valence-corrected chi connectivity index (χ4v) is 6.35. The van der Waals surface area contributed by atoms with Gasteiger partial charge in [0.25, 0.3) is 5.91 Å². The first kappa shape index (κ1) is 24.9. The zero-order valence-corrected chi connectivity index (χ0v) is 21.8. The maximum atomic E-state index is 13.5. The number of aliphatic hydroxyl groups is 1. The Morgan fingerprint density at radius 1 is 1.18 bits per heavy atom. The molecule has 1 aliphatic carbocycles. The van der Waals surface area contributed by atoms with Gasteiger partial charge in [-0.2, -0.15) is 0 Å². The second-order valence-electron chi connectivity index (χ2n) is 11.1. The molecule has 0 bridgehead atoms. The van der Waals surface area contributed by atoms with Crippen LogP contribution < -0.4 is 15.4 Å². The largest absolute Gasteiger partial charge is 0.482 e. The molecule has 2 saturated heterocycles. The lowest BCUT2D eigenvalue weighted by atomic mass is 9.82. The van der Waals surface area contributed by atoms with Gasteiger partial charge in [-0.1, -0.05) is 38.1 Å². The van der Waals surface area contributed by atoms with Crippen LogP contribution in [0.3, 0.4) is 0 Å². The van der Waals surface area contributed by atoms with Gasteiger partial charge in [0.05, 0.1) is 37.8 Å². The summed E-state index contributed by atoms with van der Waals surface area (Å²) in [6.07, 6.45) is 2.06. The van der Waals surface area contributed by atoms with Crippen LogP contribution in [0.25, 0.3) is 0 Å². The SMILES string of the molecule is CCC1(CC)CC(=O)N([C@@H]2CC3(COC3)Oc3ccc(C(=O)N[C@@H]4c5ccccc5C[C@H]4O)cc32)C(=N)N1. The smallest absolute Gasteiger partial charge is 0.251 e. The normalized spacial score (nSPS) is 26.6. The van der Waals surface area contributed by atoms with Crippen LogP contribution >= 0.6 is 0 Å². The Morgan fingerprint density at radius 2 is 1.95 bits per heavy atom. The fraction of sp³-hybridized carbons (Fsp3) is 0.483. The number of nitrogens with zero attached hydrogens (tertiary/aromatic N) is 1. The molecule has 3 aliphatic heterocycles. The highest BCUT2D eigenvalue weighted by Crippen LogP contribution is 2.47. The first-order chi connectivity index (χ1) is 18.3. The quantitative estimate of drug-likeness (QED) is 0.483. The number of hydrogen-bond donors (Lipinski definition) is 4. The summed E-state index contributed by atoms with van der Waals surface area (Å²) in [6.45, 7) is 4.89. The molecule has 3 heterocycles. The van der Waals surface area contributed by atoms with Crippen molar-refractivity contribution < 1.29 is 24.2 Å². The van der Waals surface area contributed by atoms with E-state index in [4.69, 9.17) is 14.9 Å². The van der Waals surface area contributed by atoms with Gasteiger partial charge >= 0.3 is 0 Å². The Bertz CT molecular complexity index is 1280. The molecule has 200 valence electrons. The minimum Gasteiger partial charge on any atom is -0.482 e. The second-order valence-corrected chi connectivity index (χ2v) is 11.1. The van der Waals surface area contributed by atoms with E-state index in [1.165, 1.54) is 4.90 Å². The maximum absolute atomic E-state index is 13.5. The molecule has 2 aromatic carbocycles. The molecular weight excluding hydrogens is 484 g/mol. The van der Waals surface area contributed by atoms with Crippen LogP contribution in [0.15, 0.2) is 42.5 Å². The van der Waals surface area contributed by atoms with Crippen LogP contribution in [0.5, 0.6) is 5.75 Å². The average Bonchev–Trinajstić information content (AvgIpc) is 3.21. The topological polar surface area (TPSA) is 124 Å². The van der Waals surface area contributed by atoms with E-state index in [9.17, 15) is 14.7 Å². The van der Waals surface area contributed by atoms with Crippen LogP contribution in [0.2, 0.25) is 0 Å². The van der Waals surface area contributed by atoms with Crippen LogP contribution in [0.4, 0.5) is 0 Å². The molecule has 0 unspecified atom stereocenters. The van der Waals surface area contributed by atoms with Gasteiger partial charge in [0.2, 0.25) is 5.91 Å². The van der Waals surface area contributed by atoms with Crippen LogP contribution in [0.1, 0.15) is 78.7 Å². The van der Waals surface area contributed by atoms with E-state index >= 15 is 0 Å². The Morgan fingerprint density at radius 3 is 2.63 bits per heavy atom. The summed E-state index contributed by atoms with van der Waals surface area (Å²) < 4.78 is 11.8. The number of fused-ring (bicyclic) bond motifs is 2. The Hall–Kier alpha value is -3.43. The van der Waals surface area contributed by atoms with Crippen molar-refractivity contribution in [2.75, 3.05) is 13.2 Å². The third-order valence-corrected chi connectivity index (χ3v) is 8.79. The summed E-state index contributed by atoms with van der Waals surface area (Å²) in [5.41, 5.74) is 2.09. The number of carbonyl (C=O) groups is 2. The third kappa shape index (κ3) is 3.96. The Labute approximate surface area is 222 Å². The molecule has 4 aliphatic rings. The molecular formula is C29H34N4O5. The molecule has 0 radical (unpaired) electrons. The minimum absolute atomic E-state index is 0.0822. The van der Waals surface area contributed by atoms with Crippen molar-refractivity contribution in [3.8, 4) is 5.75 Å². The van der Waals surface area contributed by atoms with E-state index in [1.54, 1.807) is 18.2 Å². The summed E-state index contributed by atoms with van der Waals surface area (Å²) in [6, 6.07) is 12.0. The van der Waals surface area contributed by atoms with Gasteiger partial charge in [-0.15, -0.1) is 0 Å². The van der Waals surface area contributed by atoms with Gasteiger partial charge in [-0.05, 0) is 42.2 Å². The lowest BCUT2D eigenvalue weighted by Crippen LogP contribution is -2.65. The van der Waals surface area contributed by atoms with E-state index < -0.39 is 29.3 Å². The number of carbonyl (C=O) groups excluding carboxylic acids is 2. The number of aliphatic hydroxyl groups excluding tert-OH is 1. The molecule has 2 fully saturated rings. The van der Waals surface area contributed by atoms with Crippen molar-refractivity contribution in [1.82, 2.24) is 15.5 Å². The first-order valence-corrected chi connectivity index (χ1v) is 13.4. The lowest BCUT2D eigenvalue weighted by molar-refractivity contribution is -0.180. The van der Waals surface area contributed by atoms with Crippen molar-refractivity contribution in [3.63, 3.8) is 0 Å². The highest BCUT2D eigenvalue weighted by molar-refractivity contribution is 6.00. The Kier molecular flexibility index (Phi) is 5.96. The molecule has 2 amide bonds. The fourth-order valence-electron chi connectivity index (χ4n) is 6.35. The number of nitrogens with one attached hydrogen (secondary N) is 3. The summed E-state index contributed by atoms with van der Waals surface area (Å²) in [5.74, 6) is 0.259. The number of ether oxygens (including phenoxy) is 2. The molecule has 9 nitrogen and oxygen atoms in total. The standard InChI is InChI=1S/C29H34N4O5/c1-3-28(4-2)14-24(35)33(27(30)32-28)21-13-29(15-37-16-29)38-23-10-9-18(11-20(21)23)26(36)31-25-19-8-6-5-7-17(19)12-22(25)34/h5-11,21-22,25,34H,3-4,12-16H2,1-2H3,(H2,30,32)(H,31,36)/t21-,22-,25-/m1/s1. The number of guanidine groups is 1. The predicted octanol–water partition coefficient (Wildman–Crippen LogP) is 2.98. The van der Waals surface area contributed by atoms with Gasteiger partial charge in [0, 0.05) is 29.5 Å². The zero-order chi connectivity index (χ0) is 26.7. The number of benzene rings is 2. The van der Waals surface area contributed by atoms with Crippen LogP contribution in [0, 0.1) is 5.41 Å². The van der Waals surface area contributed by atoms with E-state index in [2.05, 4.69) is 10.6 Å². The highest BCUT2D eigenvalue weighted by atomic mass is 16.6. The molecule has 3 atom stereocenters. The summed E-state index contributed by atoms with van der Waals surface area (Å²) >= 11 is 0. The Balaban J connectivity index is 1.31. The molecule has 1 spiro atoms. The molecule has 9 heteroatoms. The van der Waals surface area contributed by atoms with Crippen molar-refractivity contribution >= 4 is 17.8 Å². The number of rotatable bonds is 5. The monoisotopic (exact) mass is 518 g/mol. The van der Waals surface area contributed by atoms with Crippen LogP contribution in [-0.2, 0) is 16.0 Å². The van der Waals surface area contributed by atoms with E-state index in [0.717, 1.165) is 24.0 Å². The maximum Gasteiger partial charge on any atom is 0.251 e. The van der Waals surface area contributed by atoms with Gasteiger partial charge in [-0.3, -0.25) is 19.9 Å². The molecule has 38 heavy (non-hydrogen) atoms. The van der Waals surface area contributed by atoms with Crippen LogP contribution in [-0.4, -0.2) is 58.2 Å². The zero-order valence-electron chi connectivity index (χ0n) is 21.8. The highest BCUT2D eigenvalue weighted by Gasteiger charge is 2.52. The van der Waals surface area contributed by atoms with Gasteiger partial charge in [-0.25, -0.2) is 0 Å². The predicted molar refractivity (Wildman–Crippen MR) is 140 cm³/mol. The second kappa shape index (κ2) is 9.10. The van der Waals surface area contributed by atoms with Crippen molar-refractivity contribution in [2.45, 2.75) is 75.3 Å². The van der Waals surface area contributed by atoms with E-state index in [-0.39, 0.29) is 17.8 Å². The number of amides is 2. The van der Waals surface area contributed by atoms with E-state index in [0.29, 0.717) is 49.4 Å². The minimum atomic E-state index is -0.696. The molecule has 4 N–H and O–H groups in total.